The van der Waals surface area contributed by atoms with Crippen LogP contribution in [0.1, 0.15) is 15.9 Å². The van der Waals surface area contributed by atoms with Gasteiger partial charge in [-0.25, -0.2) is 10.5 Å². The Morgan fingerprint density at radius 2 is 2.05 bits per heavy atom. The van der Waals surface area contributed by atoms with Crippen molar-refractivity contribution in [3.05, 3.63) is 64.1 Å². The number of aromatic nitrogens is 2. The van der Waals surface area contributed by atoms with Crippen LogP contribution in [0.25, 0.3) is 10.2 Å². The second-order valence-corrected chi connectivity index (χ2v) is 5.44. The lowest BCUT2D eigenvalue weighted by Crippen LogP contribution is -2.18. The lowest BCUT2D eigenvalue weighted by atomic mass is 10.1. The minimum atomic E-state index is -0.565. The Morgan fingerprint density at radius 1 is 1.29 bits per heavy atom. The average molecular weight is 301 g/mol. The van der Waals surface area contributed by atoms with Gasteiger partial charge in [-0.15, -0.1) is 0 Å². The maximum absolute atomic E-state index is 12.2. The molecule has 7 heteroatoms. The van der Waals surface area contributed by atoms with Gasteiger partial charge >= 0.3 is 0 Å². The van der Waals surface area contributed by atoms with E-state index in [1.807, 2.05) is 0 Å². The van der Waals surface area contributed by atoms with Gasteiger partial charge in [0.2, 0.25) is 0 Å². The Morgan fingerprint density at radius 3 is 2.71 bits per heavy atom. The third-order valence-corrected chi connectivity index (χ3v) is 4.08. The van der Waals surface area contributed by atoms with Crippen LogP contribution in [0.2, 0.25) is 0 Å². The van der Waals surface area contributed by atoms with Crippen molar-refractivity contribution in [1.82, 2.24) is 14.4 Å². The van der Waals surface area contributed by atoms with E-state index >= 15 is 0 Å². The first-order chi connectivity index (χ1) is 10.2. The van der Waals surface area contributed by atoms with Crippen molar-refractivity contribution in [3.8, 4) is 0 Å². The van der Waals surface area contributed by atoms with Crippen LogP contribution in [0.4, 0.5) is 0 Å². The Labute approximate surface area is 123 Å². The number of carbonyl (C=O) groups is 1. The number of benzene rings is 1. The standard InChI is InChI=1S/C14H11N3O3S/c18-12(16-20)10-5-3-9(4-6-10)8-17-14(19)11-2-1-7-15-13(11)21-17/h1-7,20H,8H2,(H,16,18). The number of carbonyl (C=O) groups excluding carboxylic acids is 1. The van der Waals surface area contributed by atoms with Gasteiger partial charge in [-0.05, 0) is 41.4 Å². The van der Waals surface area contributed by atoms with Crippen molar-refractivity contribution in [2.24, 2.45) is 0 Å². The summed E-state index contributed by atoms with van der Waals surface area (Å²) in [5, 5.41) is 9.17. The van der Waals surface area contributed by atoms with E-state index in [4.69, 9.17) is 5.21 Å². The van der Waals surface area contributed by atoms with E-state index in [0.717, 1.165) is 5.56 Å². The molecule has 0 aliphatic heterocycles. The van der Waals surface area contributed by atoms with Crippen molar-refractivity contribution in [3.63, 3.8) is 0 Å². The summed E-state index contributed by atoms with van der Waals surface area (Å²) in [5.41, 5.74) is 2.75. The fourth-order valence-electron chi connectivity index (χ4n) is 2.00. The first-order valence-electron chi connectivity index (χ1n) is 6.17. The molecule has 2 aromatic heterocycles. The lowest BCUT2D eigenvalue weighted by molar-refractivity contribution is 0.0706. The molecule has 0 atom stereocenters. The van der Waals surface area contributed by atoms with Gasteiger partial charge in [-0.3, -0.25) is 18.8 Å². The number of hydroxylamine groups is 1. The molecular formula is C14H11N3O3S. The zero-order chi connectivity index (χ0) is 14.8. The maximum Gasteiger partial charge on any atom is 0.274 e. The van der Waals surface area contributed by atoms with Crippen LogP contribution in [0.15, 0.2) is 47.4 Å². The Kier molecular flexibility index (Phi) is 3.51. The normalized spacial score (nSPS) is 10.7. The molecule has 3 rings (SSSR count). The fourth-order valence-corrected chi connectivity index (χ4v) is 2.97. The molecule has 2 heterocycles. The zero-order valence-corrected chi connectivity index (χ0v) is 11.6. The highest BCUT2D eigenvalue weighted by atomic mass is 32.1. The van der Waals surface area contributed by atoms with Gasteiger partial charge in [0.15, 0.2) is 0 Å². The van der Waals surface area contributed by atoms with Gasteiger partial charge in [0, 0.05) is 11.8 Å². The highest BCUT2D eigenvalue weighted by Gasteiger charge is 2.09. The van der Waals surface area contributed by atoms with Gasteiger partial charge in [0.05, 0.1) is 11.9 Å². The summed E-state index contributed by atoms with van der Waals surface area (Å²) in [5.74, 6) is -0.565. The van der Waals surface area contributed by atoms with Gasteiger partial charge in [-0.2, -0.15) is 0 Å². The smallest absolute Gasteiger partial charge is 0.274 e. The quantitative estimate of drug-likeness (QED) is 0.569. The van der Waals surface area contributed by atoms with E-state index in [9.17, 15) is 9.59 Å². The molecule has 6 nitrogen and oxygen atoms in total. The number of nitrogens with zero attached hydrogens (tertiary/aromatic N) is 2. The fraction of sp³-hybridized carbons (Fsp3) is 0.0714. The summed E-state index contributed by atoms with van der Waals surface area (Å²) in [6, 6.07) is 10.2. The topological polar surface area (TPSA) is 84.2 Å². The maximum atomic E-state index is 12.2. The van der Waals surface area contributed by atoms with E-state index in [1.54, 1.807) is 52.0 Å². The number of rotatable bonds is 3. The molecule has 0 bridgehead atoms. The minimum Gasteiger partial charge on any atom is -0.288 e. The number of nitrogens with one attached hydrogen (secondary N) is 1. The molecule has 0 radical (unpaired) electrons. The number of pyridine rings is 1. The van der Waals surface area contributed by atoms with Gasteiger partial charge in [-0.1, -0.05) is 12.1 Å². The second-order valence-electron chi connectivity index (χ2n) is 4.43. The van der Waals surface area contributed by atoms with Crippen LogP contribution in [-0.4, -0.2) is 20.1 Å². The molecule has 21 heavy (non-hydrogen) atoms. The first-order valence-corrected chi connectivity index (χ1v) is 6.94. The summed E-state index contributed by atoms with van der Waals surface area (Å²) in [6.45, 7) is 0.418. The molecule has 106 valence electrons. The largest absolute Gasteiger partial charge is 0.288 e. The molecule has 1 aromatic carbocycles. The Bertz CT molecular complexity index is 852. The molecule has 0 saturated heterocycles. The van der Waals surface area contributed by atoms with E-state index in [2.05, 4.69) is 4.98 Å². The zero-order valence-electron chi connectivity index (χ0n) is 10.8. The van der Waals surface area contributed by atoms with Crippen molar-refractivity contribution in [2.45, 2.75) is 6.54 Å². The molecule has 2 N–H and O–H groups in total. The van der Waals surface area contributed by atoms with Crippen LogP contribution in [0.3, 0.4) is 0 Å². The third-order valence-electron chi connectivity index (χ3n) is 3.07. The highest BCUT2D eigenvalue weighted by molar-refractivity contribution is 7.13. The SMILES string of the molecule is O=C(NO)c1ccc(Cn2sc3ncccc3c2=O)cc1. The summed E-state index contributed by atoms with van der Waals surface area (Å²) in [7, 11) is 0. The second kappa shape index (κ2) is 5.47. The van der Waals surface area contributed by atoms with E-state index < -0.39 is 5.91 Å². The summed E-state index contributed by atoms with van der Waals surface area (Å²) >= 11 is 1.31. The third kappa shape index (κ3) is 2.56. The van der Waals surface area contributed by atoms with E-state index in [-0.39, 0.29) is 5.56 Å². The Balaban J connectivity index is 1.90. The van der Waals surface area contributed by atoms with Gasteiger partial charge < -0.3 is 0 Å². The van der Waals surface area contributed by atoms with Crippen molar-refractivity contribution >= 4 is 27.7 Å². The summed E-state index contributed by atoms with van der Waals surface area (Å²) in [4.78, 5) is 28.3. The van der Waals surface area contributed by atoms with Crippen LogP contribution < -0.4 is 11.0 Å². The number of fused-ring (bicyclic) bond motifs is 1. The Hall–Kier alpha value is -2.51. The predicted molar refractivity (Wildman–Crippen MR) is 78.7 cm³/mol. The molecule has 1 amide bonds. The monoisotopic (exact) mass is 301 g/mol. The molecule has 0 aliphatic rings. The number of hydrogen-bond donors (Lipinski definition) is 2. The molecule has 0 saturated carbocycles. The van der Waals surface area contributed by atoms with Crippen molar-refractivity contribution in [1.29, 1.82) is 0 Å². The summed E-state index contributed by atoms with van der Waals surface area (Å²) in [6.07, 6.45) is 1.66. The molecular weight excluding hydrogens is 290 g/mol. The van der Waals surface area contributed by atoms with Crippen LogP contribution in [-0.2, 0) is 6.54 Å². The number of hydrogen-bond acceptors (Lipinski definition) is 5. The highest BCUT2D eigenvalue weighted by Crippen LogP contribution is 2.15. The van der Waals surface area contributed by atoms with E-state index in [1.165, 1.54) is 11.5 Å². The predicted octanol–water partition coefficient (Wildman–Crippen LogP) is 1.63. The molecule has 0 spiro atoms. The lowest BCUT2D eigenvalue weighted by Gasteiger charge is -2.03. The minimum absolute atomic E-state index is 0.0692. The van der Waals surface area contributed by atoms with Crippen molar-refractivity contribution in [2.75, 3.05) is 0 Å². The van der Waals surface area contributed by atoms with Crippen molar-refractivity contribution < 1.29 is 10.0 Å². The first kappa shape index (κ1) is 13.5. The number of amides is 1. The van der Waals surface area contributed by atoms with Gasteiger partial charge in [0.25, 0.3) is 11.5 Å². The molecule has 3 aromatic rings. The summed E-state index contributed by atoms with van der Waals surface area (Å²) < 4.78 is 1.62. The van der Waals surface area contributed by atoms with E-state index in [0.29, 0.717) is 22.3 Å². The molecule has 0 aliphatic carbocycles. The van der Waals surface area contributed by atoms with Gasteiger partial charge in [0.1, 0.15) is 4.83 Å². The molecule has 0 unspecified atom stereocenters. The van der Waals surface area contributed by atoms with Crippen LogP contribution in [0, 0.1) is 0 Å². The van der Waals surface area contributed by atoms with Crippen LogP contribution >= 0.6 is 11.5 Å². The average Bonchev–Trinajstić information content (AvgIpc) is 2.84. The van der Waals surface area contributed by atoms with Crippen LogP contribution in [0.5, 0.6) is 0 Å². The molecule has 0 fully saturated rings.